The number of carbonyl (C=O) groups is 1. The molecule has 4 aliphatic carbocycles. The second kappa shape index (κ2) is 8.12. The van der Waals surface area contributed by atoms with Gasteiger partial charge in [-0.2, -0.15) is 5.10 Å². The van der Waals surface area contributed by atoms with Crippen LogP contribution in [0.1, 0.15) is 61.0 Å². The number of aromatic nitrogens is 2. The highest BCUT2D eigenvalue weighted by Gasteiger charge is 2.53. The number of methoxy groups -OCH3 is 1. The number of nitro groups is 1. The number of hydrogen-bond acceptors (Lipinski definition) is 5. The minimum absolute atomic E-state index is 0.0474. The van der Waals surface area contributed by atoms with E-state index in [-0.39, 0.29) is 21.8 Å². The molecule has 7 heteroatoms. The highest BCUT2D eigenvalue weighted by atomic mass is 16.6. The number of carbonyl (C=O) groups excluding carboxylic acids is 1. The van der Waals surface area contributed by atoms with Crippen molar-refractivity contribution in [3.63, 3.8) is 0 Å². The highest BCUT2D eigenvalue weighted by Crippen LogP contribution is 2.60. The molecule has 7 nitrogen and oxygen atoms in total. The van der Waals surface area contributed by atoms with Crippen LogP contribution in [0.3, 0.4) is 0 Å². The average Bonchev–Trinajstić information content (AvgIpc) is 3.04. The number of aryl methyl sites for hydroxylation is 1. The smallest absolute Gasteiger partial charge is 0.312 e. The lowest BCUT2D eigenvalue weighted by atomic mass is 9.48. The first kappa shape index (κ1) is 21.9. The summed E-state index contributed by atoms with van der Waals surface area (Å²) in [6, 6.07) is 5.80. The molecule has 4 bridgehead atoms. The third-order valence-electron chi connectivity index (χ3n) is 8.14. The van der Waals surface area contributed by atoms with Gasteiger partial charge >= 0.3 is 5.69 Å². The summed E-state index contributed by atoms with van der Waals surface area (Å²) in [5.74, 6) is 3.20. The standard InChI is InChI=1S/C26H31N3O4/c1-16-25(29(31)32)17(2)28(27-16)15-22-11-18(4-6-23(22)33-3)5-7-24(30)26-12-19-8-20(13-26)10-21(9-19)14-26/h4-7,11,19-21H,8-10,12-15H2,1-3H3/b7-5-. The first-order chi connectivity index (χ1) is 15.8. The van der Waals surface area contributed by atoms with Crippen molar-refractivity contribution in [3.05, 3.63) is 56.9 Å². The molecule has 1 aromatic carbocycles. The second-order valence-electron chi connectivity index (χ2n) is 10.4. The largest absolute Gasteiger partial charge is 0.496 e. The molecule has 4 saturated carbocycles. The Labute approximate surface area is 194 Å². The van der Waals surface area contributed by atoms with E-state index >= 15 is 0 Å². The van der Waals surface area contributed by atoms with E-state index in [0.29, 0.717) is 23.7 Å². The van der Waals surface area contributed by atoms with Crippen molar-refractivity contribution >= 4 is 17.5 Å². The van der Waals surface area contributed by atoms with Gasteiger partial charge in [-0.25, -0.2) is 0 Å². The topological polar surface area (TPSA) is 87.3 Å². The first-order valence-corrected chi connectivity index (χ1v) is 11.9. The normalized spacial score (nSPS) is 27.9. The Balaban J connectivity index is 1.38. The molecular formula is C26H31N3O4. The van der Waals surface area contributed by atoms with Gasteiger partial charge in [0.05, 0.1) is 18.6 Å². The Hall–Kier alpha value is -2.96. The predicted octanol–water partition coefficient (Wildman–Crippen LogP) is 5.26. The van der Waals surface area contributed by atoms with E-state index in [0.717, 1.165) is 48.1 Å². The maximum Gasteiger partial charge on any atom is 0.312 e. The molecule has 0 N–H and O–H groups in total. The summed E-state index contributed by atoms with van der Waals surface area (Å²) in [7, 11) is 1.61. The molecule has 0 saturated heterocycles. The SMILES string of the molecule is COc1ccc(/C=C\C(=O)C23CC4CC(CC(C4)C2)C3)cc1Cn1nc(C)c([N+](=O)[O-])c1C. The van der Waals surface area contributed by atoms with Crippen molar-refractivity contribution in [2.75, 3.05) is 7.11 Å². The van der Waals surface area contributed by atoms with Crippen LogP contribution in [0.2, 0.25) is 0 Å². The van der Waals surface area contributed by atoms with E-state index in [1.807, 2.05) is 24.3 Å². The summed E-state index contributed by atoms with van der Waals surface area (Å²) in [4.78, 5) is 24.3. The molecule has 0 radical (unpaired) electrons. The van der Waals surface area contributed by atoms with Gasteiger partial charge in [-0.05, 0) is 93.9 Å². The van der Waals surface area contributed by atoms with E-state index in [1.54, 1.807) is 31.7 Å². The number of ketones is 1. The summed E-state index contributed by atoms with van der Waals surface area (Å²) >= 11 is 0. The van der Waals surface area contributed by atoms with Crippen LogP contribution in [0.15, 0.2) is 24.3 Å². The number of allylic oxidation sites excluding steroid dienone is 1. The molecule has 0 amide bonds. The fourth-order valence-electron chi connectivity index (χ4n) is 7.05. The van der Waals surface area contributed by atoms with Crippen molar-refractivity contribution in [1.29, 1.82) is 0 Å². The lowest BCUT2D eigenvalue weighted by Gasteiger charge is -2.55. The third kappa shape index (κ3) is 3.87. The van der Waals surface area contributed by atoms with Gasteiger partial charge in [0.25, 0.3) is 0 Å². The number of benzene rings is 1. The molecule has 0 atom stereocenters. The van der Waals surface area contributed by atoms with Crippen LogP contribution >= 0.6 is 0 Å². The molecule has 1 heterocycles. The van der Waals surface area contributed by atoms with Gasteiger partial charge in [-0.3, -0.25) is 19.6 Å². The van der Waals surface area contributed by atoms with Gasteiger partial charge in [0, 0.05) is 11.0 Å². The summed E-state index contributed by atoms with van der Waals surface area (Å²) < 4.78 is 7.16. The lowest BCUT2D eigenvalue weighted by Crippen LogP contribution is -2.49. The van der Waals surface area contributed by atoms with Crippen LogP contribution in [-0.4, -0.2) is 27.6 Å². The lowest BCUT2D eigenvalue weighted by molar-refractivity contribution is -0.386. The summed E-state index contributed by atoms with van der Waals surface area (Å²) in [5.41, 5.74) is 2.60. The van der Waals surface area contributed by atoms with E-state index in [2.05, 4.69) is 5.10 Å². The van der Waals surface area contributed by atoms with Crippen LogP contribution in [0.5, 0.6) is 5.75 Å². The maximum absolute atomic E-state index is 13.3. The zero-order valence-corrected chi connectivity index (χ0v) is 19.5. The van der Waals surface area contributed by atoms with Crippen molar-refractivity contribution in [1.82, 2.24) is 9.78 Å². The van der Waals surface area contributed by atoms with Crippen LogP contribution in [0.4, 0.5) is 5.69 Å². The Bertz CT molecular complexity index is 1110. The number of ether oxygens (including phenoxy) is 1. The minimum Gasteiger partial charge on any atom is -0.496 e. The zero-order chi connectivity index (χ0) is 23.3. The van der Waals surface area contributed by atoms with Crippen LogP contribution in [0.25, 0.3) is 6.08 Å². The van der Waals surface area contributed by atoms with E-state index in [4.69, 9.17) is 4.74 Å². The molecule has 6 rings (SSSR count). The van der Waals surface area contributed by atoms with E-state index in [9.17, 15) is 14.9 Å². The highest BCUT2D eigenvalue weighted by molar-refractivity contribution is 5.98. The van der Waals surface area contributed by atoms with E-state index in [1.165, 1.54) is 19.3 Å². The van der Waals surface area contributed by atoms with Gasteiger partial charge in [-0.1, -0.05) is 12.1 Å². The quantitative estimate of drug-likeness (QED) is 0.327. The fraction of sp³-hybridized carbons (Fsp3) is 0.538. The Morgan fingerprint density at radius 2 is 1.85 bits per heavy atom. The predicted molar refractivity (Wildman–Crippen MR) is 125 cm³/mol. The minimum atomic E-state index is -0.388. The van der Waals surface area contributed by atoms with Crippen molar-refractivity contribution in [2.24, 2.45) is 23.2 Å². The molecule has 33 heavy (non-hydrogen) atoms. The molecule has 4 aliphatic rings. The number of hydrogen-bond donors (Lipinski definition) is 0. The molecule has 1 aromatic heterocycles. The maximum atomic E-state index is 13.3. The van der Waals surface area contributed by atoms with Crippen LogP contribution < -0.4 is 4.74 Å². The number of nitrogens with zero attached hydrogens (tertiary/aromatic N) is 3. The van der Waals surface area contributed by atoms with Gasteiger partial charge in [0.2, 0.25) is 0 Å². The number of rotatable bonds is 7. The van der Waals surface area contributed by atoms with Gasteiger partial charge in [-0.15, -0.1) is 0 Å². The van der Waals surface area contributed by atoms with Gasteiger partial charge in [0.1, 0.15) is 17.1 Å². The Morgan fingerprint density at radius 3 is 2.39 bits per heavy atom. The molecule has 174 valence electrons. The van der Waals surface area contributed by atoms with Gasteiger partial charge in [0.15, 0.2) is 5.78 Å². The van der Waals surface area contributed by atoms with Crippen molar-refractivity contribution in [3.8, 4) is 5.75 Å². The summed E-state index contributed by atoms with van der Waals surface area (Å²) in [6.45, 7) is 3.71. The summed E-state index contributed by atoms with van der Waals surface area (Å²) in [5, 5.41) is 15.7. The molecular weight excluding hydrogens is 418 g/mol. The molecule has 0 spiro atoms. The molecule has 0 aliphatic heterocycles. The molecule has 2 aromatic rings. The average molecular weight is 450 g/mol. The summed E-state index contributed by atoms with van der Waals surface area (Å²) in [6.07, 6.45) is 10.8. The van der Waals surface area contributed by atoms with Crippen LogP contribution in [0, 0.1) is 47.1 Å². The Morgan fingerprint density at radius 1 is 1.21 bits per heavy atom. The second-order valence-corrected chi connectivity index (χ2v) is 10.4. The van der Waals surface area contributed by atoms with Crippen LogP contribution in [-0.2, 0) is 11.3 Å². The molecule has 0 unspecified atom stereocenters. The first-order valence-electron chi connectivity index (χ1n) is 11.9. The monoisotopic (exact) mass is 449 g/mol. The van der Waals surface area contributed by atoms with E-state index < -0.39 is 0 Å². The van der Waals surface area contributed by atoms with Crippen molar-refractivity contribution in [2.45, 2.75) is 58.9 Å². The third-order valence-corrected chi connectivity index (χ3v) is 8.14. The van der Waals surface area contributed by atoms with Crippen molar-refractivity contribution < 1.29 is 14.5 Å². The fourth-order valence-corrected chi connectivity index (χ4v) is 7.05. The molecule has 4 fully saturated rings. The van der Waals surface area contributed by atoms with Gasteiger partial charge < -0.3 is 4.74 Å². The Kier molecular flexibility index (Phi) is 5.38. The zero-order valence-electron chi connectivity index (χ0n) is 19.5.